The second kappa shape index (κ2) is 8.43. The van der Waals surface area contributed by atoms with Crippen LogP contribution >= 0.6 is 0 Å². The van der Waals surface area contributed by atoms with Gasteiger partial charge < -0.3 is 10.1 Å². The molecule has 1 rings (SSSR count). The van der Waals surface area contributed by atoms with Crippen molar-refractivity contribution >= 4 is 11.7 Å². The zero-order valence-corrected chi connectivity index (χ0v) is 11.8. The van der Waals surface area contributed by atoms with Crippen molar-refractivity contribution in [3.8, 4) is 0 Å². The fraction of sp³-hybridized carbons (Fsp3) is 0.467. The fourth-order valence-corrected chi connectivity index (χ4v) is 1.58. The van der Waals surface area contributed by atoms with E-state index in [0.29, 0.717) is 18.7 Å². The second-order valence-electron chi connectivity index (χ2n) is 4.70. The third kappa shape index (κ3) is 6.43. The van der Waals surface area contributed by atoms with Crippen molar-refractivity contribution in [2.75, 3.05) is 13.2 Å². The lowest BCUT2D eigenvalue weighted by Gasteiger charge is -2.08. The summed E-state index contributed by atoms with van der Waals surface area (Å²) < 4.78 is 18.0. The van der Waals surface area contributed by atoms with E-state index in [-0.39, 0.29) is 36.5 Å². The van der Waals surface area contributed by atoms with E-state index in [1.165, 1.54) is 24.3 Å². The Balaban J connectivity index is 2.23. The molecule has 0 saturated heterocycles. The van der Waals surface area contributed by atoms with Gasteiger partial charge in [0.25, 0.3) is 0 Å². The summed E-state index contributed by atoms with van der Waals surface area (Å²) in [6.45, 7) is 4.73. The van der Waals surface area contributed by atoms with E-state index in [1.54, 1.807) is 0 Å². The van der Waals surface area contributed by atoms with Crippen LogP contribution in [0.4, 0.5) is 4.39 Å². The number of hydrogen-bond acceptors (Lipinski definition) is 3. The number of carbonyl (C=O) groups excluding carboxylic acids is 2. The van der Waals surface area contributed by atoms with Gasteiger partial charge in [-0.3, -0.25) is 9.59 Å². The molecule has 0 bridgehead atoms. The second-order valence-corrected chi connectivity index (χ2v) is 4.70. The molecule has 0 aromatic heterocycles. The summed E-state index contributed by atoms with van der Waals surface area (Å²) in [4.78, 5) is 23.3. The van der Waals surface area contributed by atoms with Gasteiger partial charge in [0.1, 0.15) is 5.82 Å². The Bertz CT molecular complexity index is 443. The van der Waals surface area contributed by atoms with Gasteiger partial charge in [0.05, 0.1) is 12.7 Å². The number of nitrogens with one attached hydrogen (secondary N) is 1. The summed E-state index contributed by atoms with van der Waals surface area (Å²) in [7, 11) is 0. The van der Waals surface area contributed by atoms with Crippen molar-refractivity contribution in [3.05, 3.63) is 35.6 Å². The van der Waals surface area contributed by atoms with Gasteiger partial charge in [0.15, 0.2) is 5.78 Å². The molecule has 5 heteroatoms. The van der Waals surface area contributed by atoms with Gasteiger partial charge in [-0.15, -0.1) is 0 Å². The summed E-state index contributed by atoms with van der Waals surface area (Å²) in [6, 6.07) is 5.31. The Kier molecular flexibility index (Phi) is 6.87. The first-order chi connectivity index (χ1) is 9.49. The van der Waals surface area contributed by atoms with E-state index in [9.17, 15) is 14.0 Å². The Hall–Kier alpha value is -1.75. The molecule has 0 heterocycles. The first-order valence-corrected chi connectivity index (χ1v) is 6.66. The number of rotatable bonds is 8. The van der Waals surface area contributed by atoms with Crippen LogP contribution in [-0.2, 0) is 9.53 Å². The van der Waals surface area contributed by atoms with Crippen LogP contribution in [0.5, 0.6) is 0 Å². The number of Topliss-reactive ketones (excluding diaryl/α,β-unsaturated/α-hetero) is 1. The van der Waals surface area contributed by atoms with Gasteiger partial charge in [-0.25, -0.2) is 4.39 Å². The van der Waals surface area contributed by atoms with Gasteiger partial charge in [0, 0.05) is 24.9 Å². The molecule has 0 saturated carbocycles. The average Bonchev–Trinajstić information content (AvgIpc) is 2.41. The number of amides is 1. The smallest absolute Gasteiger partial charge is 0.220 e. The number of ether oxygens (including phenoxy) is 1. The Labute approximate surface area is 118 Å². The van der Waals surface area contributed by atoms with Crippen LogP contribution in [0.15, 0.2) is 24.3 Å². The zero-order valence-electron chi connectivity index (χ0n) is 11.8. The summed E-state index contributed by atoms with van der Waals surface area (Å²) >= 11 is 0. The van der Waals surface area contributed by atoms with Crippen molar-refractivity contribution in [1.82, 2.24) is 5.32 Å². The lowest BCUT2D eigenvalue weighted by atomic mass is 10.1. The summed E-state index contributed by atoms with van der Waals surface area (Å²) in [5, 5.41) is 2.68. The SMILES string of the molecule is CC(C)OCCNC(=O)CCC(=O)c1ccc(F)cc1. The van der Waals surface area contributed by atoms with E-state index in [4.69, 9.17) is 4.74 Å². The van der Waals surface area contributed by atoms with Crippen LogP contribution in [-0.4, -0.2) is 30.9 Å². The van der Waals surface area contributed by atoms with Crippen LogP contribution in [0.1, 0.15) is 37.0 Å². The van der Waals surface area contributed by atoms with E-state index in [2.05, 4.69) is 5.32 Å². The van der Waals surface area contributed by atoms with E-state index in [1.807, 2.05) is 13.8 Å². The molecule has 1 amide bonds. The van der Waals surface area contributed by atoms with E-state index >= 15 is 0 Å². The molecule has 4 nitrogen and oxygen atoms in total. The highest BCUT2D eigenvalue weighted by molar-refractivity contribution is 5.97. The highest BCUT2D eigenvalue weighted by Gasteiger charge is 2.09. The van der Waals surface area contributed by atoms with E-state index < -0.39 is 0 Å². The Morgan fingerprint density at radius 2 is 1.85 bits per heavy atom. The summed E-state index contributed by atoms with van der Waals surface area (Å²) in [5.74, 6) is -0.740. The third-order valence-corrected chi connectivity index (χ3v) is 2.62. The normalized spacial score (nSPS) is 10.6. The van der Waals surface area contributed by atoms with Crippen molar-refractivity contribution in [3.63, 3.8) is 0 Å². The summed E-state index contributed by atoms with van der Waals surface area (Å²) in [5.41, 5.74) is 0.419. The number of ketones is 1. The topological polar surface area (TPSA) is 55.4 Å². The standard InChI is InChI=1S/C15H20FNO3/c1-11(2)20-10-9-17-15(19)8-7-14(18)12-3-5-13(16)6-4-12/h3-6,11H,7-10H2,1-2H3,(H,17,19). The molecule has 0 atom stereocenters. The largest absolute Gasteiger partial charge is 0.377 e. The first-order valence-electron chi connectivity index (χ1n) is 6.66. The van der Waals surface area contributed by atoms with Gasteiger partial charge in [-0.05, 0) is 38.1 Å². The van der Waals surface area contributed by atoms with Crippen molar-refractivity contribution < 1.29 is 18.7 Å². The van der Waals surface area contributed by atoms with Crippen LogP contribution in [0.25, 0.3) is 0 Å². The first kappa shape index (κ1) is 16.3. The minimum atomic E-state index is -0.385. The molecular weight excluding hydrogens is 261 g/mol. The van der Waals surface area contributed by atoms with Gasteiger partial charge >= 0.3 is 0 Å². The Morgan fingerprint density at radius 3 is 2.45 bits per heavy atom. The number of halogens is 1. The monoisotopic (exact) mass is 281 g/mol. The highest BCUT2D eigenvalue weighted by atomic mass is 19.1. The van der Waals surface area contributed by atoms with E-state index in [0.717, 1.165) is 0 Å². The lowest BCUT2D eigenvalue weighted by Crippen LogP contribution is -2.28. The number of hydrogen-bond donors (Lipinski definition) is 1. The van der Waals surface area contributed by atoms with Crippen LogP contribution in [0.3, 0.4) is 0 Å². The minimum Gasteiger partial charge on any atom is -0.377 e. The molecule has 0 aliphatic heterocycles. The average molecular weight is 281 g/mol. The van der Waals surface area contributed by atoms with Crippen molar-refractivity contribution in [2.45, 2.75) is 32.8 Å². The maximum atomic E-state index is 12.7. The molecule has 1 N–H and O–H groups in total. The quantitative estimate of drug-likeness (QED) is 0.588. The maximum absolute atomic E-state index is 12.7. The van der Waals surface area contributed by atoms with Crippen LogP contribution < -0.4 is 5.32 Å². The molecule has 1 aromatic rings. The van der Waals surface area contributed by atoms with Crippen molar-refractivity contribution in [2.24, 2.45) is 0 Å². The predicted molar refractivity (Wildman–Crippen MR) is 74.1 cm³/mol. The van der Waals surface area contributed by atoms with Gasteiger partial charge in [-0.2, -0.15) is 0 Å². The lowest BCUT2D eigenvalue weighted by molar-refractivity contribution is -0.121. The summed E-state index contributed by atoms with van der Waals surface area (Å²) in [6.07, 6.45) is 0.368. The number of benzene rings is 1. The molecule has 0 aliphatic rings. The molecule has 0 radical (unpaired) electrons. The molecule has 0 spiro atoms. The highest BCUT2D eigenvalue weighted by Crippen LogP contribution is 2.07. The molecule has 0 unspecified atom stereocenters. The van der Waals surface area contributed by atoms with Crippen LogP contribution in [0, 0.1) is 5.82 Å². The molecule has 0 aliphatic carbocycles. The van der Waals surface area contributed by atoms with Gasteiger partial charge in [0.2, 0.25) is 5.91 Å². The molecule has 1 aromatic carbocycles. The molecule has 0 fully saturated rings. The van der Waals surface area contributed by atoms with Crippen molar-refractivity contribution in [1.29, 1.82) is 0 Å². The molecular formula is C15H20FNO3. The maximum Gasteiger partial charge on any atom is 0.220 e. The predicted octanol–water partition coefficient (Wildman–Crippen LogP) is 2.33. The molecule has 110 valence electrons. The minimum absolute atomic E-state index is 0.114. The fourth-order valence-electron chi connectivity index (χ4n) is 1.58. The third-order valence-electron chi connectivity index (χ3n) is 2.62. The van der Waals surface area contributed by atoms with Crippen LogP contribution in [0.2, 0.25) is 0 Å². The number of carbonyl (C=O) groups is 2. The van der Waals surface area contributed by atoms with Gasteiger partial charge in [-0.1, -0.05) is 0 Å². The molecule has 20 heavy (non-hydrogen) atoms. The zero-order chi connectivity index (χ0) is 15.0. The Morgan fingerprint density at radius 1 is 1.20 bits per heavy atom.